The third kappa shape index (κ3) is 3.24. The highest BCUT2D eigenvalue weighted by Gasteiger charge is 2.41. The lowest BCUT2D eigenvalue weighted by atomic mass is 10.2. The zero-order valence-corrected chi connectivity index (χ0v) is 11.3. The fraction of sp³-hybridized carbons (Fsp3) is 0.417. The molecule has 1 heterocycles. The lowest BCUT2D eigenvalue weighted by molar-refractivity contribution is -0.121. The average Bonchev–Trinajstić information content (AvgIpc) is 2.74. The molecule has 0 unspecified atom stereocenters. The van der Waals surface area contributed by atoms with Gasteiger partial charge >= 0.3 is 0 Å². The number of carbonyl (C=O) groups excluding carboxylic acids is 1. The summed E-state index contributed by atoms with van der Waals surface area (Å²) < 4.78 is 30.0. The van der Waals surface area contributed by atoms with Crippen LogP contribution in [0.25, 0.3) is 0 Å². The molecule has 1 fully saturated rings. The fourth-order valence-corrected chi connectivity index (χ4v) is 3.26. The third-order valence-corrected chi connectivity index (χ3v) is 4.27. The molecule has 1 amide bonds. The molecule has 1 aromatic carbocycles. The van der Waals surface area contributed by atoms with E-state index in [1.807, 2.05) is 18.2 Å². The van der Waals surface area contributed by atoms with Gasteiger partial charge in [-0.25, -0.2) is 8.42 Å². The van der Waals surface area contributed by atoms with E-state index in [-0.39, 0.29) is 19.1 Å². The quantitative estimate of drug-likeness (QED) is 0.839. The third-order valence-electron chi connectivity index (χ3n) is 3.02. The minimum Gasteiger partial charge on any atom is -0.489 e. The molecule has 7 heteroatoms. The Morgan fingerprint density at radius 2 is 2.00 bits per heavy atom. The van der Waals surface area contributed by atoms with Gasteiger partial charge in [0.2, 0.25) is 15.9 Å². The molecular formula is C12H16N2O4S. The predicted octanol–water partition coefficient (Wildman–Crippen LogP) is -0.0468. The van der Waals surface area contributed by atoms with Crippen molar-refractivity contribution in [1.82, 2.24) is 4.31 Å². The normalized spacial score (nSPS) is 24.3. The Kier molecular flexibility index (Phi) is 3.77. The highest BCUT2D eigenvalue weighted by Crippen LogP contribution is 2.24. The van der Waals surface area contributed by atoms with Crippen LogP contribution in [0.15, 0.2) is 30.3 Å². The van der Waals surface area contributed by atoms with Crippen LogP contribution in [0.2, 0.25) is 0 Å². The van der Waals surface area contributed by atoms with Crippen molar-refractivity contribution in [2.45, 2.75) is 18.6 Å². The molecular weight excluding hydrogens is 268 g/mol. The van der Waals surface area contributed by atoms with E-state index in [1.54, 1.807) is 12.1 Å². The first-order chi connectivity index (χ1) is 8.88. The minimum atomic E-state index is -3.47. The van der Waals surface area contributed by atoms with Gasteiger partial charge in [0.05, 0.1) is 12.8 Å². The Bertz CT molecular complexity index is 558. The molecule has 0 aromatic heterocycles. The lowest BCUT2D eigenvalue weighted by Crippen LogP contribution is -2.43. The number of rotatable bonds is 4. The van der Waals surface area contributed by atoms with Crippen LogP contribution in [-0.2, 0) is 14.8 Å². The molecule has 0 bridgehead atoms. The molecule has 6 nitrogen and oxygen atoms in total. The van der Waals surface area contributed by atoms with Crippen molar-refractivity contribution in [3.63, 3.8) is 0 Å². The van der Waals surface area contributed by atoms with Crippen molar-refractivity contribution in [2.24, 2.45) is 5.73 Å². The van der Waals surface area contributed by atoms with Crippen molar-refractivity contribution in [2.75, 3.05) is 12.8 Å². The smallest absolute Gasteiger partial charge is 0.236 e. The molecule has 2 atom stereocenters. The van der Waals surface area contributed by atoms with Gasteiger partial charge in [-0.3, -0.25) is 4.79 Å². The molecule has 0 radical (unpaired) electrons. The molecule has 2 N–H and O–H groups in total. The molecule has 1 aliphatic heterocycles. The molecule has 0 spiro atoms. The lowest BCUT2D eigenvalue weighted by Gasteiger charge is -2.18. The summed E-state index contributed by atoms with van der Waals surface area (Å²) >= 11 is 0. The average molecular weight is 284 g/mol. The first kappa shape index (κ1) is 13.8. The molecule has 19 heavy (non-hydrogen) atoms. The Morgan fingerprint density at radius 1 is 1.37 bits per heavy atom. The Morgan fingerprint density at radius 3 is 2.47 bits per heavy atom. The monoisotopic (exact) mass is 284 g/mol. The van der Waals surface area contributed by atoms with Gasteiger partial charge in [0, 0.05) is 6.42 Å². The van der Waals surface area contributed by atoms with Gasteiger partial charge in [-0.2, -0.15) is 4.31 Å². The standard InChI is InChI=1S/C12H16N2O4S/c1-19(16,17)14-8-10(7-11(14)12(13)15)18-9-5-3-2-4-6-9/h2-6,10-11H,7-8H2,1H3,(H2,13,15)/t10-,11-/m0/s1. The maximum Gasteiger partial charge on any atom is 0.236 e. The summed E-state index contributed by atoms with van der Waals surface area (Å²) in [6, 6.07) is 8.24. The number of primary amides is 1. The van der Waals surface area contributed by atoms with Crippen LogP contribution in [0.5, 0.6) is 5.75 Å². The van der Waals surface area contributed by atoms with Crippen molar-refractivity contribution in [3.8, 4) is 5.75 Å². The summed E-state index contributed by atoms with van der Waals surface area (Å²) in [6.45, 7) is 0.140. The topological polar surface area (TPSA) is 89.7 Å². The van der Waals surface area contributed by atoms with Gasteiger partial charge in [-0.1, -0.05) is 18.2 Å². The summed E-state index contributed by atoms with van der Waals surface area (Å²) in [6.07, 6.45) is 0.972. The summed E-state index contributed by atoms with van der Waals surface area (Å²) in [5.74, 6) is -0.00402. The zero-order valence-electron chi connectivity index (χ0n) is 10.5. The van der Waals surface area contributed by atoms with E-state index >= 15 is 0 Å². The van der Waals surface area contributed by atoms with Gasteiger partial charge in [-0.05, 0) is 12.1 Å². The molecule has 0 aliphatic carbocycles. The zero-order chi connectivity index (χ0) is 14.0. The van der Waals surface area contributed by atoms with E-state index in [4.69, 9.17) is 10.5 Å². The largest absolute Gasteiger partial charge is 0.489 e. The van der Waals surface area contributed by atoms with Crippen LogP contribution in [-0.4, -0.2) is 43.6 Å². The number of carbonyl (C=O) groups is 1. The summed E-state index contributed by atoms with van der Waals surface area (Å²) in [7, 11) is -3.47. The number of hydrogen-bond donors (Lipinski definition) is 1. The SMILES string of the molecule is CS(=O)(=O)N1C[C@@H](Oc2ccccc2)C[C@H]1C(N)=O. The second kappa shape index (κ2) is 5.18. The van der Waals surface area contributed by atoms with Crippen LogP contribution >= 0.6 is 0 Å². The number of benzene rings is 1. The Labute approximate surface area is 112 Å². The van der Waals surface area contributed by atoms with Gasteiger partial charge in [0.25, 0.3) is 0 Å². The molecule has 104 valence electrons. The second-order valence-corrected chi connectivity index (χ2v) is 6.47. The number of para-hydroxylation sites is 1. The van der Waals surface area contributed by atoms with E-state index in [0.29, 0.717) is 5.75 Å². The first-order valence-electron chi connectivity index (χ1n) is 5.86. The molecule has 1 saturated heterocycles. The van der Waals surface area contributed by atoms with Crippen molar-refractivity contribution >= 4 is 15.9 Å². The number of nitrogens with two attached hydrogens (primary N) is 1. The number of hydrogen-bond acceptors (Lipinski definition) is 4. The summed E-state index contributed by atoms with van der Waals surface area (Å²) in [4.78, 5) is 11.3. The van der Waals surface area contributed by atoms with Gasteiger partial charge in [0.15, 0.2) is 0 Å². The fourth-order valence-electron chi connectivity index (χ4n) is 2.17. The number of amides is 1. The van der Waals surface area contributed by atoms with Crippen LogP contribution in [0.1, 0.15) is 6.42 Å². The van der Waals surface area contributed by atoms with Gasteiger partial charge in [-0.15, -0.1) is 0 Å². The van der Waals surface area contributed by atoms with Crippen molar-refractivity contribution in [1.29, 1.82) is 0 Å². The minimum absolute atomic E-state index is 0.140. The van der Waals surface area contributed by atoms with E-state index in [9.17, 15) is 13.2 Å². The predicted molar refractivity (Wildman–Crippen MR) is 70.0 cm³/mol. The van der Waals surface area contributed by atoms with Crippen LogP contribution in [0, 0.1) is 0 Å². The van der Waals surface area contributed by atoms with Crippen LogP contribution in [0.4, 0.5) is 0 Å². The number of sulfonamides is 1. The van der Waals surface area contributed by atoms with Crippen LogP contribution < -0.4 is 10.5 Å². The molecule has 2 rings (SSSR count). The molecule has 1 aliphatic rings. The summed E-state index contributed by atoms with van der Waals surface area (Å²) in [5, 5.41) is 0. The van der Waals surface area contributed by atoms with Crippen molar-refractivity contribution in [3.05, 3.63) is 30.3 Å². The van der Waals surface area contributed by atoms with E-state index in [2.05, 4.69) is 0 Å². The second-order valence-electron chi connectivity index (χ2n) is 4.54. The van der Waals surface area contributed by atoms with E-state index in [1.165, 1.54) is 0 Å². The Hall–Kier alpha value is -1.60. The summed E-state index contributed by atoms with van der Waals surface area (Å²) in [5.41, 5.74) is 5.24. The highest BCUT2D eigenvalue weighted by molar-refractivity contribution is 7.88. The maximum atomic E-state index is 11.6. The molecule has 0 saturated carbocycles. The Balaban J connectivity index is 2.13. The van der Waals surface area contributed by atoms with E-state index < -0.39 is 22.0 Å². The number of nitrogens with zero attached hydrogens (tertiary/aromatic N) is 1. The van der Waals surface area contributed by atoms with Crippen molar-refractivity contribution < 1.29 is 17.9 Å². The number of ether oxygens (including phenoxy) is 1. The van der Waals surface area contributed by atoms with E-state index in [0.717, 1.165) is 10.6 Å². The highest BCUT2D eigenvalue weighted by atomic mass is 32.2. The van der Waals surface area contributed by atoms with Crippen LogP contribution in [0.3, 0.4) is 0 Å². The van der Waals surface area contributed by atoms with Gasteiger partial charge in [0.1, 0.15) is 17.9 Å². The first-order valence-corrected chi connectivity index (χ1v) is 7.70. The molecule has 1 aromatic rings. The van der Waals surface area contributed by atoms with Gasteiger partial charge < -0.3 is 10.5 Å². The maximum absolute atomic E-state index is 11.6.